The molecule has 0 saturated heterocycles. The van der Waals surface area contributed by atoms with E-state index in [-0.39, 0.29) is 5.56 Å². The highest BCUT2D eigenvalue weighted by Crippen LogP contribution is 2.17. The third-order valence-electron chi connectivity index (χ3n) is 2.25. The Labute approximate surface area is 102 Å². The van der Waals surface area contributed by atoms with Crippen molar-refractivity contribution in [3.63, 3.8) is 0 Å². The molecular weight excluding hydrogens is 240 g/mol. The molecule has 2 heterocycles. The van der Waals surface area contributed by atoms with Gasteiger partial charge in [-0.25, -0.2) is 4.79 Å². The summed E-state index contributed by atoms with van der Waals surface area (Å²) < 4.78 is 0. The zero-order valence-electron chi connectivity index (χ0n) is 9.23. The van der Waals surface area contributed by atoms with Gasteiger partial charge in [0, 0.05) is 11.9 Å². The quantitative estimate of drug-likeness (QED) is 0.754. The van der Waals surface area contributed by atoms with Crippen LogP contribution in [0.1, 0.15) is 28.0 Å². The number of aryl methyl sites for hydroxylation is 1. The molecule has 0 unspecified atom stereocenters. The van der Waals surface area contributed by atoms with Gasteiger partial charge in [0.15, 0.2) is 0 Å². The van der Waals surface area contributed by atoms with E-state index in [0.29, 0.717) is 17.4 Å². The molecule has 0 bridgehead atoms. The van der Waals surface area contributed by atoms with Crippen LogP contribution >= 0.6 is 11.3 Å². The Morgan fingerprint density at radius 1 is 1.59 bits per heavy atom. The average molecular weight is 252 g/mol. The van der Waals surface area contributed by atoms with Crippen LogP contribution in [0, 0.1) is 0 Å². The molecule has 0 atom stereocenters. The number of hydrogen-bond donors (Lipinski definition) is 3. The van der Waals surface area contributed by atoms with Crippen molar-refractivity contribution >= 4 is 22.4 Å². The molecule has 17 heavy (non-hydrogen) atoms. The molecule has 2 rings (SSSR count). The molecule has 7 heteroatoms. The first kappa shape index (κ1) is 11.6. The van der Waals surface area contributed by atoms with E-state index in [9.17, 15) is 4.79 Å². The van der Waals surface area contributed by atoms with Crippen molar-refractivity contribution in [1.29, 1.82) is 0 Å². The molecule has 90 valence electrons. The summed E-state index contributed by atoms with van der Waals surface area (Å²) >= 11 is 1.47. The van der Waals surface area contributed by atoms with Crippen molar-refractivity contribution in [3.8, 4) is 0 Å². The molecule has 2 aromatic heterocycles. The smallest absolute Gasteiger partial charge is 0.337 e. The number of aromatic carboxylic acids is 1. The summed E-state index contributed by atoms with van der Waals surface area (Å²) in [4.78, 5) is 13.8. The van der Waals surface area contributed by atoms with Gasteiger partial charge in [0.25, 0.3) is 0 Å². The van der Waals surface area contributed by atoms with Gasteiger partial charge in [-0.15, -0.1) is 10.2 Å². The van der Waals surface area contributed by atoms with Gasteiger partial charge in [-0.2, -0.15) is 0 Å². The standard InChI is InChI=1S/C10H12N4O2S/c1-2-8-13-14-10(17-8)12-5-7-6(9(15)16)3-4-11-7/h3-4,11H,2,5H2,1H3,(H,12,14)(H,15,16). The third kappa shape index (κ3) is 2.62. The lowest BCUT2D eigenvalue weighted by Crippen LogP contribution is -2.05. The molecule has 0 aromatic carbocycles. The summed E-state index contributed by atoms with van der Waals surface area (Å²) in [5.41, 5.74) is 0.906. The van der Waals surface area contributed by atoms with Crippen molar-refractivity contribution < 1.29 is 9.90 Å². The summed E-state index contributed by atoms with van der Waals surface area (Å²) in [5.74, 6) is -0.936. The Bertz CT molecular complexity index is 520. The van der Waals surface area contributed by atoms with Gasteiger partial charge in [-0.3, -0.25) is 0 Å². The van der Waals surface area contributed by atoms with E-state index in [1.807, 2.05) is 6.92 Å². The second kappa shape index (κ2) is 4.96. The maximum absolute atomic E-state index is 10.9. The van der Waals surface area contributed by atoms with E-state index in [2.05, 4.69) is 20.5 Å². The number of nitrogens with one attached hydrogen (secondary N) is 2. The van der Waals surface area contributed by atoms with E-state index >= 15 is 0 Å². The van der Waals surface area contributed by atoms with Crippen LogP contribution in [-0.4, -0.2) is 26.3 Å². The van der Waals surface area contributed by atoms with Crippen molar-refractivity contribution in [3.05, 3.63) is 28.5 Å². The Hall–Kier alpha value is -1.89. The molecule has 0 saturated carbocycles. The third-order valence-corrected chi connectivity index (χ3v) is 3.27. The number of H-pyrrole nitrogens is 1. The maximum Gasteiger partial charge on any atom is 0.337 e. The topological polar surface area (TPSA) is 90.9 Å². The number of hydrogen-bond acceptors (Lipinski definition) is 5. The highest BCUT2D eigenvalue weighted by Gasteiger charge is 2.11. The number of aromatic amines is 1. The predicted octanol–water partition coefficient (Wildman–Crippen LogP) is 1.74. The zero-order valence-corrected chi connectivity index (χ0v) is 10.0. The number of nitrogens with zero attached hydrogens (tertiary/aromatic N) is 2. The lowest BCUT2D eigenvalue weighted by Gasteiger charge is -2.01. The number of aromatic nitrogens is 3. The van der Waals surface area contributed by atoms with Crippen LogP contribution in [0.2, 0.25) is 0 Å². The fourth-order valence-electron chi connectivity index (χ4n) is 1.38. The SMILES string of the molecule is CCc1nnc(NCc2[nH]ccc2C(=O)O)s1. The first-order valence-corrected chi connectivity index (χ1v) is 5.98. The van der Waals surface area contributed by atoms with Gasteiger partial charge >= 0.3 is 5.97 Å². The van der Waals surface area contributed by atoms with Crippen LogP contribution in [0.5, 0.6) is 0 Å². The minimum atomic E-state index is -0.936. The lowest BCUT2D eigenvalue weighted by molar-refractivity contribution is 0.0696. The Balaban J connectivity index is 2.02. The van der Waals surface area contributed by atoms with Gasteiger partial charge in [0.05, 0.1) is 12.1 Å². The minimum Gasteiger partial charge on any atom is -0.478 e. The van der Waals surface area contributed by atoms with Crippen LogP contribution in [-0.2, 0) is 13.0 Å². The Morgan fingerprint density at radius 3 is 3.06 bits per heavy atom. The predicted molar refractivity (Wildman–Crippen MR) is 64.4 cm³/mol. The van der Waals surface area contributed by atoms with E-state index in [0.717, 1.165) is 11.4 Å². The van der Waals surface area contributed by atoms with Crippen molar-refractivity contribution in [2.24, 2.45) is 0 Å². The van der Waals surface area contributed by atoms with Gasteiger partial charge < -0.3 is 15.4 Å². The summed E-state index contributed by atoms with van der Waals surface area (Å²) in [7, 11) is 0. The molecular formula is C10H12N4O2S. The molecule has 0 spiro atoms. The molecule has 3 N–H and O–H groups in total. The first-order chi connectivity index (χ1) is 8.20. The molecule has 0 amide bonds. The second-order valence-corrected chi connectivity index (χ2v) is 4.45. The second-order valence-electron chi connectivity index (χ2n) is 3.38. The monoisotopic (exact) mass is 252 g/mol. The summed E-state index contributed by atoms with van der Waals surface area (Å²) in [5, 5.41) is 21.6. The van der Waals surface area contributed by atoms with Crippen molar-refractivity contribution in [1.82, 2.24) is 15.2 Å². The Kier molecular flexibility index (Phi) is 3.38. The van der Waals surface area contributed by atoms with E-state index in [4.69, 9.17) is 5.11 Å². The highest BCUT2D eigenvalue weighted by atomic mass is 32.1. The van der Waals surface area contributed by atoms with Crippen LogP contribution in [0.15, 0.2) is 12.3 Å². The van der Waals surface area contributed by atoms with E-state index in [1.54, 1.807) is 6.20 Å². The molecule has 0 radical (unpaired) electrons. The molecule has 6 nitrogen and oxygen atoms in total. The first-order valence-electron chi connectivity index (χ1n) is 5.16. The maximum atomic E-state index is 10.9. The molecule has 0 aliphatic rings. The fourth-order valence-corrected chi connectivity index (χ4v) is 2.06. The largest absolute Gasteiger partial charge is 0.478 e. The minimum absolute atomic E-state index is 0.276. The zero-order chi connectivity index (χ0) is 12.3. The van der Waals surface area contributed by atoms with Crippen LogP contribution in [0.4, 0.5) is 5.13 Å². The van der Waals surface area contributed by atoms with Gasteiger partial charge in [0.2, 0.25) is 5.13 Å². The summed E-state index contributed by atoms with van der Waals surface area (Å²) in [6, 6.07) is 1.54. The van der Waals surface area contributed by atoms with E-state index < -0.39 is 5.97 Å². The number of carbonyl (C=O) groups is 1. The normalized spacial score (nSPS) is 10.4. The molecule has 0 aliphatic heterocycles. The lowest BCUT2D eigenvalue weighted by atomic mass is 10.2. The highest BCUT2D eigenvalue weighted by molar-refractivity contribution is 7.15. The van der Waals surface area contributed by atoms with Crippen LogP contribution < -0.4 is 5.32 Å². The summed E-state index contributed by atoms with van der Waals surface area (Å²) in [6.45, 7) is 2.41. The number of carboxylic acids is 1. The summed E-state index contributed by atoms with van der Waals surface area (Å²) in [6.07, 6.45) is 2.46. The molecule has 0 fully saturated rings. The molecule has 2 aromatic rings. The van der Waals surface area contributed by atoms with E-state index in [1.165, 1.54) is 17.4 Å². The van der Waals surface area contributed by atoms with Gasteiger partial charge in [-0.1, -0.05) is 18.3 Å². The van der Waals surface area contributed by atoms with Crippen molar-refractivity contribution in [2.45, 2.75) is 19.9 Å². The number of anilines is 1. The number of rotatable bonds is 5. The fraction of sp³-hybridized carbons (Fsp3) is 0.300. The van der Waals surface area contributed by atoms with Gasteiger partial charge in [0.1, 0.15) is 5.01 Å². The van der Waals surface area contributed by atoms with Crippen LogP contribution in [0.25, 0.3) is 0 Å². The molecule has 0 aliphatic carbocycles. The number of carboxylic acid groups (broad SMARTS) is 1. The average Bonchev–Trinajstić information content (AvgIpc) is 2.95. The van der Waals surface area contributed by atoms with Crippen LogP contribution in [0.3, 0.4) is 0 Å². The Morgan fingerprint density at radius 2 is 2.41 bits per heavy atom. The van der Waals surface area contributed by atoms with Crippen molar-refractivity contribution in [2.75, 3.05) is 5.32 Å². The van der Waals surface area contributed by atoms with Gasteiger partial charge in [-0.05, 0) is 12.5 Å².